The Morgan fingerprint density at radius 3 is 2.86 bits per heavy atom. The maximum absolute atomic E-state index is 12.3. The van der Waals surface area contributed by atoms with Crippen LogP contribution >= 0.6 is 0 Å². The molecule has 2 aliphatic heterocycles. The molecule has 0 saturated carbocycles. The van der Waals surface area contributed by atoms with Crippen LogP contribution in [0, 0.1) is 12.8 Å². The molecule has 1 fully saturated rings. The number of β-amino-alcohol motifs (C(OH)–C–C–N with tert-alkyl or cyclic N) is 1. The van der Waals surface area contributed by atoms with Crippen molar-refractivity contribution in [3.8, 4) is 0 Å². The number of hydrogen-bond acceptors (Lipinski definition) is 5. The van der Waals surface area contributed by atoms with Gasteiger partial charge in [0.05, 0.1) is 18.7 Å². The summed E-state index contributed by atoms with van der Waals surface area (Å²) in [7, 11) is 0. The van der Waals surface area contributed by atoms with Crippen LogP contribution in [0.25, 0.3) is 0 Å². The van der Waals surface area contributed by atoms with Crippen LogP contribution in [-0.4, -0.2) is 54.8 Å². The lowest BCUT2D eigenvalue weighted by atomic mass is 10.1. The van der Waals surface area contributed by atoms with Crippen molar-refractivity contribution in [2.24, 2.45) is 5.92 Å². The van der Waals surface area contributed by atoms with E-state index < -0.39 is 0 Å². The summed E-state index contributed by atoms with van der Waals surface area (Å²) in [6.45, 7) is 9.27. The number of aromatic nitrogens is 3. The van der Waals surface area contributed by atoms with Crippen molar-refractivity contribution in [1.29, 1.82) is 0 Å². The fourth-order valence-electron chi connectivity index (χ4n) is 4.35. The molecule has 150 valence electrons. The van der Waals surface area contributed by atoms with Crippen molar-refractivity contribution in [2.45, 2.75) is 59.0 Å². The molecule has 1 aromatic heterocycles. The molecule has 2 atom stereocenters. The van der Waals surface area contributed by atoms with E-state index in [0.29, 0.717) is 32.6 Å². The monoisotopic (exact) mass is 383 g/mol. The molecule has 28 heavy (non-hydrogen) atoms. The largest absolute Gasteiger partial charge is 0.392 e. The van der Waals surface area contributed by atoms with Gasteiger partial charge in [-0.2, -0.15) is 0 Å². The van der Waals surface area contributed by atoms with E-state index in [1.54, 1.807) is 0 Å². The molecular formula is C21H29N5O2. The number of nitrogens with zero attached hydrogens (tertiary/aromatic N) is 5. The number of hydrogen-bond donors (Lipinski definition) is 1. The van der Waals surface area contributed by atoms with E-state index >= 15 is 0 Å². The lowest BCUT2D eigenvalue weighted by Gasteiger charge is -2.31. The standard InChI is InChI=1S/C21H29N5O2/c1-14(2)21(28)24-7-8-26-19(13-24)22-23-20(26)18-10-17(27)12-25(18)11-16-6-4-5-15(3)9-16/h4-6,9,14,17-18,27H,7-8,10-13H2,1-3H3/t17-,18-/m0/s1. The second kappa shape index (κ2) is 7.64. The predicted octanol–water partition coefficient (Wildman–Crippen LogP) is 1.89. The van der Waals surface area contributed by atoms with Crippen molar-refractivity contribution in [2.75, 3.05) is 13.1 Å². The number of aliphatic hydroxyl groups is 1. The van der Waals surface area contributed by atoms with Crippen LogP contribution < -0.4 is 0 Å². The molecule has 0 bridgehead atoms. The van der Waals surface area contributed by atoms with E-state index in [1.807, 2.05) is 18.7 Å². The summed E-state index contributed by atoms with van der Waals surface area (Å²) >= 11 is 0. The zero-order valence-corrected chi connectivity index (χ0v) is 16.9. The van der Waals surface area contributed by atoms with Crippen LogP contribution in [0.15, 0.2) is 24.3 Å². The number of aryl methyl sites for hydroxylation is 1. The molecule has 7 heteroatoms. The molecule has 0 unspecified atom stereocenters. The quantitative estimate of drug-likeness (QED) is 0.873. The first-order chi connectivity index (χ1) is 13.4. The molecule has 4 rings (SSSR count). The third-order valence-electron chi connectivity index (χ3n) is 5.73. The summed E-state index contributed by atoms with van der Waals surface area (Å²) < 4.78 is 2.15. The van der Waals surface area contributed by atoms with Crippen molar-refractivity contribution in [1.82, 2.24) is 24.6 Å². The van der Waals surface area contributed by atoms with E-state index in [1.165, 1.54) is 11.1 Å². The maximum atomic E-state index is 12.3. The minimum absolute atomic E-state index is 0.0104. The molecule has 2 aliphatic rings. The minimum Gasteiger partial charge on any atom is -0.392 e. The second-order valence-electron chi connectivity index (χ2n) is 8.36. The topological polar surface area (TPSA) is 74.5 Å². The first kappa shape index (κ1) is 19.1. The number of amides is 1. The molecule has 0 radical (unpaired) electrons. The first-order valence-electron chi connectivity index (χ1n) is 10.1. The summed E-state index contributed by atoms with van der Waals surface area (Å²) in [6, 6.07) is 8.54. The average molecular weight is 383 g/mol. The maximum Gasteiger partial charge on any atom is 0.225 e. The Hall–Kier alpha value is -2.25. The SMILES string of the molecule is Cc1cccc(CN2C[C@@H](O)C[C@H]2c2nnc3n2CCN(C(=O)C(C)C)C3)c1. The third-order valence-corrected chi connectivity index (χ3v) is 5.73. The van der Waals surface area contributed by atoms with Gasteiger partial charge in [0.1, 0.15) is 0 Å². The Bertz CT molecular complexity index is 862. The van der Waals surface area contributed by atoms with Gasteiger partial charge in [0.15, 0.2) is 11.6 Å². The fraction of sp³-hybridized carbons (Fsp3) is 0.571. The Morgan fingerprint density at radius 2 is 2.11 bits per heavy atom. The predicted molar refractivity (Wildman–Crippen MR) is 105 cm³/mol. The lowest BCUT2D eigenvalue weighted by Crippen LogP contribution is -2.41. The summed E-state index contributed by atoms with van der Waals surface area (Å²) in [5.41, 5.74) is 2.48. The van der Waals surface area contributed by atoms with Crippen LogP contribution in [0.5, 0.6) is 0 Å². The Kier molecular flexibility index (Phi) is 5.21. The number of aliphatic hydroxyl groups excluding tert-OH is 1. The number of carbonyl (C=O) groups is 1. The van der Waals surface area contributed by atoms with Gasteiger partial charge in [-0.15, -0.1) is 10.2 Å². The van der Waals surface area contributed by atoms with Gasteiger partial charge in [0.2, 0.25) is 5.91 Å². The smallest absolute Gasteiger partial charge is 0.225 e. The minimum atomic E-state index is -0.356. The van der Waals surface area contributed by atoms with E-state index in [-0.39, 0.29) is 24.0 Å². The number of likely N-dealkylation sites (tertiary alicyclic amines) is 1. The van der Waals surface area contributed by atoms with E-state index in [4.69, 9.17) is 0 Å². The zero-order chi connectivity index (χ0) is 19.8. The highest BCUT2D eigenvalue weighted by molar-refractivity contribution is 5.78. The summed E-state index contributed by atoms with van der Waals surface area (Å²) in [5.74, 6) is 1.90. The van der Waals surface area contributed by atoms with Crippen molar-refractivity contribution in [3.63, 3.8) is 0 Å². The Balaban J connectivity index is 1.54. The lowest BCUT2D eigenvalue weighted by molar-refractivity contribution is -0.136. The molecular weight excluding hydrogens is 354 g/mol. The molecule has 3 heterocycles. The summed E-state index contributed by atoms with van der Waals surface area (Å²) in [4.78, 5) is 16.5. The fourth-order valence-corrected chi connectivity index (χ4v) is 4.35. The molecule has 0 aliphatic carbocycles. The van der Waals surface area contributed by atoms with Crippen LogP contribution in [0.2, 0.25) is 0 Å². The van der Waals surface area contributed by atoms with Gasteiger partial charge in [-0.1, -0.05) is 43.7 Å². The van der Waals surface area contributed by atoms with E-state index in [9.17, 15) is 9.90 Å². The summed E-state index contributed by atoms with van der Waals surface area (Å²) in [6.07, 6.45) is 0.309. The highest BCUT2D eigenvalue weighted by Crippen LogP contribution is 2.33. The van der Waals surface area contributed by atoms with Crippen molar-refractivity contribution in [3.05, 3.63) is 47.0 Å². The van der Waals surface area contributed by atoms with Gasteiger partial charge >= 0.3 is 0 Å². The second-order valence-corrected chi connectivity index (χ2v) is 8.36. The van der Waals surface area contributed by atoms with E-state index in [0.717, 1.165) is 18.2 Å². The highest BCUT2D eigenvalue weighted by atomic mass is 16.3. The molecule has 2 aromatic rings. The van der Waals surface area contributed by atoms with Crippen LogP contribution in [-0.2, 0) is 24.4 Å². The van der Waals surface area contributed by atoms with Gasteiger partial charge in [0, 0.05) is 32.1 Å². The Morgan fingerprint density at radius 1 is 1.29 bits per heavy atom. The van der Waals surface area contributed by atoms with Crippen LogP contribution in [0.4, 0.5) is 0 Å². The zero-order valence-electron chi connectivity index (χ0n) is 16.9. The molecule has 1 saturated heterocycles. The molecule has 1 amide bonds. The van der Waals surface area contributed by atoms with E-state index in [2.05, 4.69) is 50.9 Å². The number of benzene rings is 1. The number of carbonyl (C=O) groups excluding carboxylic acids is 1. The van der Waals surface area contributed by atoms with Crippen molar-refractivity contribution < 1.29 is 9.90 Å². The van der Waals surface area contributed by atoms with Crippen LogP contribution in [0.1, 0.15) is 49.1 Å². The number of rotatable bonds is 4. The molecule has 7 nitrogen and oxygen atoms in total. The van der Waals surface area contributed by atoms with Gasteiger partial charge in [-0.3, -0.25) is 9.69 Å². The normalized spacial score (nSPS) is 22.7. The van der Waals surface area contributed by atoms with Crippen LogP contribution in [0.3, 0.4) is 0 Å². The van der Waals surface area contributed by atoms with Gasteiger partial charge < -0.3 is 14.6 Å². The molecule has 1 N–H and O–H groups in total. The first-order valence-corrected chi connectivity index (χ1v) is 10.1. The highest BCUT2D eigenvalue weighted by Gasteiger charge is 2.37. The summed E-state index contributed by atoms with van der Waals surface area (Å²) in [5, 5.41) is 19.2. The van der Waals surface area contributed by atoms with Crippen molar-refractivity contribution >= 4 is 5.91 Å². The molecule has 0 spiro atoms. The average Bonchev–Trinajstić information content (AvgIpc) is 3.23. The molecule has 1 aromatic carbocycles. The van der Waals surface area contributed by atoms with Gasteiger partial charge in [-0.05, 0) is 18.9 Å². The van der Waals surface area contributed by atoms with Gasteiger partial charge in [-0.25, -0.2) is 0 Å². The Labute approximate surface area is 166 Å². The third kappa shape index (κ3) is 3.69. The number of fused-ring (bicyclic) bond motifs is 1. The van der Waals surface area contributed by atoms with Gasteiger partial charge in [0.25, 0.3) is 0 Å².